The van der Waals surface area contributed by atoms with E-state index in [2.05, 4.69) is 26.0 Å². The van der Waals surface area contributed by atoms with Crippen LogP contribution in [0.3, 0.4) is 0 Å². The molecule has 0 spiro atoms. The van der Waals surface area contributed by atoms with Gasteiger partial charge in [0.05, 0.1) is 6.10 Å². The van der Waals surface area contributed by atoms with E-state index < -0.39 is 0 Å². The summed E-state index contributed by atoms with van der Waals surface area (Å²) in [6.45, 7) is 4.28. The Hall–Kier alpha value is -1.51. The van der Waals surface area contributed by atoms with Crippen molar-refractivity contribution < 1.29 is 9.53 Å². The number of hydrogen-bond donors (Lipinski definition) is 0. The molecule has 1 unspecified atom stereocenters. The average molecular weight is 317 g/mol. The van der Waals surface area contributed by atoms with E-state index in [-0.39, 0.29) is 5.91 Å². The standard InChI is InChI=1S/C20H31NO2/c1-4-8-16(2)21(3)20(22)14-13-17-9-7-12-19(15-17)23-18-10-5-6-11-18/h7,9,12,15-16,18H,4-6,8,10-11,13-14H2,1-3H3. The van der Waals surface area contributed by atoms with Crippen molar-refractivity contribution in [3.63, 3.8) is 0 Å². The summed E-state index contributed by atoms with van der Waals surface area (Å²) in [5.74, 6) is 1.18. The van der Waals surface area contributed by atoms with Gasteiger partial charge in [-0.25, -0.2) is 0 Å². The van der Waals surface area contributed by atoms with Crippen LogP contribution in [0.15, 0.2) is 24.3 Å². The van der Waals surface area contributed by atoms with Crippen molar-refractivity contribution in [2.75, 3.05) is 7.05 Å². The van der Waals surface area contributed by atoms with E-state index >= 15 is 0 Å². The largest absolute Gasteiger partial charge is 0.490 e. The molecule has 1 aromatic carbocycles. The van der Waals surface area contributed by atoms with Crippen LogP contribution >= 0.6 is 0 Å². The second-order valence-electron chi connectivity index (χ2n) is 6.81. The van der Waals surface area contributed by atoms with Gasteiger partial charge >= 0.3 is 0 Å². The van der Waals surface area contributed by atoms with Gasteiger partial charge in [-0.05, 0) is 63.1 Å². The second kappa shape index (κ2) is 8.95. The highest BCUT2D eigenvalue weighted by Crippen LogP contribution is 2.25. The van der Waals surface area contributed by atoms with Gasteiger partial charge in [0.25, 0.3) is 0 Å². The molecule has 1 atom stereocenters. The van der Waals surface area contributed by atoms with E-state index in [4.69, 9.17) is 4.74 Å². The van der Waals surface area contributed by atoms with Gasteiger partial charge in [-0.1, -0.05) is 25.5 Å². The molecule has 128 valence electrons. The lowest BCUT2D eigenvalue weighted by molar-refractivity contribution is -0.131. The van der Waals surface area contributed by atoms with Crippen LogP contribution in [0.4, 0.5) is 0 Å². The van der Waals surface area contributed by atoms with Crippen LogP contribution in [0, 0.1) is 0 Å². The molecule has 1 saturated carbocycles. The SMILES string of the molecule is CCCC(C)N(C)C(=O)CCc1cccc(OC2CCCC2)c1. The van der Waals surface area contributed by atoms with Crippen molar-refractivity contribution in [3.8, 4) is 5.75 Å². The first-order chi connectivity index (χ1) is 11.1. The third-order valence-corrected chi connectivity index (χ3v) is 4.89. The number of carbonyl (C=O) groups excluding carboxylic acids is 1. The molecule has 0 N–H and O–H groups in total. The topological polar surface area (TPSA) is 29.5 Å². The van der Waals surface area contributed by atoms with Crippen LogP contribution in [0.2, 0.25) is 0 Å². The van der Waals surface area contributed by atoms with Crippen LogP contribution in [-0.4, -0.2) is 30.0 Å². The van der Waals surface area contributed by atoms with Crippen LogP contribution in [-0.2, 0) is 11.2 Å². The third kappa shape index (κ3) is 5.56. The molecule has 0 bridgehead atoms. The Balaban J connectivity index is 1.84. The van der Waals surface area contributed by atoms with E-state index in [1.165, 1.54) is 31.2 Å². The van der Waals surface area contributed by atoms with Gasteiger partial charge in [0, 0.05) is 19.5 Å². The zero-order chi connectivity index (χ0) is 16.7. The highest BCUT2D eigenvalue weighted by atomic mass is 16.5. The van der Waals surface area contributed by atoms with E-state index in [9.17, 15) is 4.79 Å². The first-order valence-corrected chi connectivity index (χ1v) is 9.11. The highest BCUT2D eigenvalue weighted by molar-refractivity contribution is 5.76. The number of rotatable bonds is 8. The number of ether oxygens (including phenoxy) is 1. The normalized spacial score (nSPS) is 16.3. The molecule has 0 radical (unpaired) electrons. The molecular formula is C20H31NO2. The summed E-state index contributed by atoms with van der Waals surface area (Å²) in [4.78, 5) is 14.2. The van der Waals surface area contributed by atoms with Gasteiger partial charge in [0.1, 0.15) is 5.75 Å². The Bertz CT molecular complexity index is 494. The number of hydrogen-bond acceptors (Lipinski definition) is 2. The molecule has 1 aromatic rings. The number of aryl methyl sites for hydroxylation is 1. The van der Waals surface area contributed by atoms with Crippen LogP contribution in [0.1, 0.15) is 64.4 Å². The van der Waals surface area contributed by atoms with Crippen molar-refractivity contribution in [2.45, 2.75) is 77.4 Å². The molecular weight excluding hydrogens is 286 g/mol. The van der Waals surface area contributed by atoms with E-state index in [0.717, 1.165) is 25.0 Å². The van der Waals surface area contributed by atoms with Crippen LogP contribution < -0.4 is 4.74 Å². The summed E-state index contributed by atoms with van der Waals surface area (Å²) in [7, 11) is 1.92. The third-order valence-electron chi connectivity index (χ3n) is 4.89. The molecule has 1 aliphatic carbocycles. The number of amides is 1. The van der Waals surface area contributed by atoms with Crippen molar-refractivity contribution in [1.29, 1.82) is 0 Å². The zero-order valence-electron chi connectivity index (χ0n) is 14.9. The molecule has 0 heterocycles. The Kier molecular flexibility index (Phi) is 6.94. The lowest BCUT2D eigenvalue weighted by Crippen LogP contribution is -2.35. The fourth-order valence-electron chi connectivity index (χ4n) is 3.26. The Morgan fingerprint density at radius 3 is 2.78 bits per heavy atom. The molecule has 0 saturated heterocycles. The predicted octanol–water partition coefficient (Wildman–Crippen LogP) is 4.59. The molecule has 3 nitrogen and oxygen atoms in total. The van der Waals surface area contributed by atoms with Crippen molar-refractivity contribution in [2.24, 2.45) is 0 Å². The number of nitrogens with zero attached hydrogens (tertiary/aromatic N) is 1. The summed E-state index contributed by atoms with van der Waals surface area (Å²) < 4.78 is 6.05. The molecule has 3 heteroatoms. The van der Waals surface area contributed by atoms with E-state index in [1.54, 1.807) is 0 Å². The van der Waals surface area contributed by atoms with Gasteiger partial charge in [-0.2, -0.15) is 0 Å². The maximum Gasteiger partial charge on any atom is 0.222 e. The van der Waals surface area contributed by atoms with Gasteiger partial charge in [0.2, 0.25) is 5.91 Å². The van der Waals surface area contributed by atoms with Gasteiger partial charge in [-0.3, -0.25) is 4.79 Å². The zero-order valence-corrected chi connectivity index (χ0v) is 14.9. The Morgan fingerprint density at radius 2 is 2.09 bits per heavy atom. The fourth-order valence-corrected chi connectivity index (χ4v) is 3.26. The van der Waals surface area contributed by atoms with Gasteiger partial charge < -0.3 is 9.64 Å². The predicted molar refractivity (Wildman–Crippen MR) is 94.8 cm³/mol. The fraction of sp³-hybridized carbons (Fsp3) is 0.650. The smallest absolute Gasteiger partial charge is 0.222 e. The minimum Gasteiger partial charge on any atom is -0.490 e. The Morgan fingerprint density at radius 1 is 1.35 bits per heavy atom. The molecule has 23 heavy (non-hydrogen) atoms. The van der Waals surface area contributed by atoms with Crippen molar-refractivity contribution in [1.82, 2.24) is 4.90 Å². The van der Waals surface area contributed by atoms with Gasteiger partial charge in [-0.15, -0.1) is 0 Å². The lowest BCUT2D eigenvalue weighted by atomic mass is 10.1. The lowest BCUT2D eigenvalue weighted by Gasteiger charge is -2.24. The number of benzene rings is 1. The minimum absolute atomic E-state index is 0.230. The summed E-state index contributed by atoms with van der Waals surface area (Å²) in [6.07, 6.45) is 8.80. The summed E-state index contributed by atoms with van der Waals surface area (Å²) >= 11 is 0. The van der Waals surface area contributed by atoms with Crippen LogP contribution in [0.25, 0.3) is 0 Å². The summed E-state index contributed by atoms with van der Waals surface area (Å²) in [6, 6.07) is 8.57. The molecule has 2 rings (SSSR count). The minimum atomic E-state index is 0.230. The molecule has 1 aliphatic rings. The second-order valence-corrected chi connectivity index (χ2v) is 6.81. The average Bonchev–Trinajstić information content (AvgIpc) is 3.05. The maximum atomic E-state index is 12.3. The maximum absolute atomic E-state index is 12.3. The van der Waals surface area contributed by atoms with Gasteiger partial charge in [0.15, 0.2) is 0 Å². The monoisotopic (exact) mass is 317 g/mol. The first kappa shape index (κ1) is 17.8. The van der Waals surface area contributed by atoms with E-state index in [1.807, 2.05) is 24.1 Å². The van der Waals surface area contributed by atoms with Crippen LogP contribution in [0.5, 0.6) is 5.75 Å². The molecule has 1 amide bonds. The quantitative estimate of drug-likeness (QED) is 0.702. The first-order valence-electron chi connectivity index (χ1n) is 9.11. The summed E-state index contributed by atoms with van der Waals surface area (Å²) in [5, 5.41) is 0. The van der Waals surface area contributed by atoms with Crippen molar-refractivity contribution in [3.05, 3.63) is 29.8 Å². The summed E-state index contributed by atoms with van der Waals surface area (Å²) in [5.41, 5.74) is 1.19. The number of carbonyl (C=O) groups is 1. The van der Waals surface area contributed by atoms with E-state index in [0.29, 0.717) is 18.6 Å². The highest BCUT2D eigenvalue weighted by Gasteiger charge is 2.17. The Labute approximate surface area is 141 Å². The van der Waals surface area contributed by atoms with Crippen molar-refractivity contribution >= 4 is 5.91 Å². The molecule has 0 aliphatic heterocycles. The molecule has 0 aromatic heterocycles. The molecule has 1 fully saturated rings.